The van der Waals surface area contributed by atoms with Crippen molar-refractivity contribution in [3.05, 3.63) is 23.8 Å². The minimum atomic E-state index is -0.0699. The fourth-order valence-corrected chi connectivity index (χ4v) is 2.01. The standard InChI is InChI=1S/C12H17N3O2/c1-8-4-14-11(5-13-8)12(16)15-6-9(2)17-10(3)7-15/h4-5,9-10H,6-7H2,1-3H3/t9-,10-/m1/s1. The predicted molar refractivity (Wildman–Crippen MR) is 62.7 cm³/mol. The van der Waals surface area contributed by atoms with Gasteiger partial charge in [-0.2, -0.15) is 0 Å². The van der Waals surface area contributed by atoms with Crippen molar-refractivity contribution in [3.63, 3.8) is 0 Å². The Bertz CT molecular complexity index is 395. The van der Waals surface area contributed by atoms with Gasteiger partial charge < -0.3 is 9.64 Å². The molecule has 92 valence electrons. The van der Waals surface area contributed by atoms with Gasteiger partial charge >= 0.3 is 0 Å². The second-order valence-electron chi connectivity index (χ2n) is 4.51. The molecule has 0 saturated carbocycles. The molecule has 0 spiro atoms. The summed E-state index contributed by atoms with van der Waals surface area (Å²) in [6.45, 7) is 7.01. The van der Waals surface area contributed by atoms with Crippen molar-refractivity contribution < 1.29 is 9.53 Å². The third kappa shape index (κ3) is 2.79. The molecule has 0 aromatic carbocycles. The average Bonchev–Trinajstić information content (AvgIpc) is 2.28. The SMILES string of the molecule is Cc1cnc(C(=O)N2C[C@@H](C)O[C@H](C)C2)cn1. The van der Waals surface area contributed by atoms with E-state index in [1.807, 2.05) is 20.8 Å². The van der Waals surface area contributed by atoms with Gasteiger partial charge in [-0.15, -0.1) is 0 Å². The van der Waals surface area contributed by atoms with E-state index in [-0.39, 0.29) is 18.1 Å². The first-order valence-corrected chi connectivity index (χ1v) is 5.79. The first-order valence-electron chi connectivity index (χ1n) is 5.79. The normalized spacial score (nSPS) is 24.8. The minimum Gasteiger partial charge on any atom is -0.372 e. The Morgan fingerprint density at radius 3 is 2.47 bits per heavy atom. The number of aryl methyl sites for hydroxylation is 1. The average molecular weight is 235 g/mol. The molecule has 1 fully saturated rings. The van der Waals surface area contributed by atoms with Crippen LogP contribution in [0.3, 0.4) is 0 Å². The molecule has 0 unspecified atom stereocenters. The molecular weight excluding hydrogens is 218 g/mol. The fourth-order valence-electron chi connectivity index (χ4n) is 2.01. The van der Waals surface area contributed by atoms with Crippen molar-refractivity contribution in [2.45, 2.75) is 33.0 Å². The predicted octanol–water partition coefficient (Wildman–Crippen LogP) is 1.03. The number of hydrogen-bond donors (Lipinski definition) is 0. The van der Waals surface area contributed by atoms with Crippen molar-refractivity contribution >= 4 is 5.91 Å². The zero-order valence-corrected chi connectivity index (χ0v) is 10.4. The van der Waals surface area contributed by atoms with E-state index in [0.29, 0.717) is 18.8 Å². The van der Waals surface area contributed by atoms with Crippen LogP contribution in [-0.4, -0.2) is 46.1 Å². The summed E-state index contributed by atoms with van der Waals surface area (Å²) in [5.41, 5.74) is 1.21. The number of carbonyl (C=O) groups excluding carboxylic acids is 1. The van der Waals surface area contributed by atoms with Gasteiger partial charge in [0.15, 0.2) is 0 Å². The van der Waals surface area contributed by atoms with Crippen LogP contribution < -0.4 is 0 Å². The van der Waals surface area contributed by atoms with Gasteiger partial charge in [0, 0.05) is 19.3 Å². The molecule has 1 aromatic rings. The molecular formula is C12H17N3O2. The summed E-state index contributed by atoms with van der Waals surface area (Å²) in [6.07, 6.45) is 3.28. The molecule has 0 radical (unpaired) electrons. The minimum absolute atomic E-state index is 0.0699. The number of carbonyl (C=O) groups is 1. The molecule has 1 saturated heterocycles. The summed E-state index contributed by atoms with van der Waals surface area (Å²) in [5.74, 6) is -0.0699. The van der Waals surface area contributed by atoms with Gasteiger partial charge in [-0.1, -0.05) is 0 Å². The summed E-state index contributed by atoms with van der Waals surface area (Å²) < 4.78 is 5.59. The van der Waals surface area contributed by atoms with E-state index in [9.17, 15) is 4.79 Å². The lowest BCUT2D eigenvalue weighted by Crippen LogP contribution is -2.48. The van der Waals surface area contributed by atoms with Crippen LogP contribution in [0.15, 0.2) is 12.4 Å². The monoisotopic (exact) mass is 235 g/mol. The van der Waals surface area contributed by atoms with Crippen molar-refractivity contribution in [3.8, 4) is 0 Å². The van der Waals surface area contributed by atoms with Gasteiger partial charge in [0.1, 0.15) is 5.69 Å². The largest absolute Gasteiger partial charge is 0.372 e. The van der Waals surface area contributed by atoms with E-state index in [0.717, 1.165) is 5.69 Å². The quantitative estimate of drug-likeness (QED) is 0.729. The van der Waals surface area contributed by atoms with Gasteiger partial charge in [0.05, 0.1) is 24.1 Å². The van der Waals surface area contributed by atoms with Crippen LogP contribution >= 0.6 is 0 Å². The van der Waals surface area contributed by atoms with E-state index < -0.39 is 0 Å². The zero-order valence-electron chi connectivity index (χ0n) is 10.4. The number of morpholine rings is 1. The van der Waals surface area contributed by atoms with Gasteiger partial charge in [-0.3, -0.25) is 9.78 Å². The molecule has 17 heavy (non-hydrogen) atoms. The lowest BCUT2D eigenvalue weighted by molar-refractivity contribution is -0.0587. The van der Waals surface area contributed by atoms with Crippen molar-refractivity contribution in [2.24, 2.45) is 0 Å². The number of aromatic nitrogens is 2. The second kappa shape index (κ2) is 4.79. The Hall–Kier alpha value is -1.49. The molecule has 1 aromatic heterocycles. The Balaban J connectivity index is 2.11. The lowest BCUT2D eigenvalue weighted by Gasteiger charge is -2.35. The first-order chi connectivity index (χ1) is 8.06. The number of amides is 1. The van der Waals surface area contributed by atoms with Crippen molar-refractivity contribution in [2.75, 3.05) is 13.1 Å². The molecule has 0 N–H and O–H groups in total. The number of rotatable bonds is 1. The highest BCUT2D eigenvalue weighted by Crippen LogP contribution is 2.13. The Labute approximate surface area is 101 Å². The molecule has 0 aliphatic carbocycles. The Morgan fingerprint density at radius 2 is 1.94 bits per heavy atom. The van der Waals surface area contributed by atoms with Crippen LogP contribution in [0.2, 0.25) is 0 Å². The highest BCUT2D eigenvalue weighted by atomic mass is 16.5. The summed E-state index contributed by atoms with van der Waals surface area (Å²) in [5, 5.41) is 0. The van der Waals surface area contributed by atoms with E-state index >= 15 is 0 Å². The maximum absolute atomic E-state index is 12.2. The van der Waals surface area contributed by atoms with Crippen LogP contribution in [0.5, 0.6) is 0 Å². The molecule has 2 heterocycles. The molecule has 0 bridgehead atoms. The third-order valence-electron chi connectivity index (χ3n) is 2.71. The van der Waals surface area contributed by atoms with Gasteiger partial charge in [0.2, 0.25) is 0 Å². The van der Waals surface area contributed by atoms with Crippen molar-refractivity contribution in [1.82, 2.24) is 14.9 Å². The molecule has 5 nitrogen and oxygen atoms in total. The maximum Gasteiger partial charge on any atom is 0.274 e. The second-order valence-corrected chi connectivity index (χ2v) is 4.51. The maximum atomic E-state index is 12.2. The van der Waals surface area contributed by atoms with E-state index in [4.69, 9.17) is 4.74 Å². The van der Waals surface area contributed by atoms with E-state index in [2.05, 4.69) is 9.97 Å². The Kier molecular flexibility index (Phi) is 3.38. The smallest absolute Gasteiger partial charge is 0.274 e. The number of ether oxygens (including phenoxy) is 1. The molecule has 1 aliphatic heterocycles. The van der Waals surface area contributed by atoms with E-state index in [1.54, 1.807) is 11.1 Å². The molecule has 5 heteroatoms. The summed E-state index contributed by atoms with van der Waals surface area (Å²) in [4.78, 5) is 22.1. The van der Waals surface area contributed by atoms with Crippen LogP contribution in [0.4, 0.5) is 0 Å². The third-order valence-corrected chi connectivity index (χ3v) is 2.71. The summed E-state index contributed by atoms with van der Waals surface area (Å²) >= 11 is 0. The highest BCUT2D eigenvalue weighted by molar-refractivity contribution is 5.92. The first kappa shape index (κ1) is 12.0. The molecule has 1 amide bonds. The fraction of sp³-hybridized carbons (Fsp3) is 0.583. The number of hydrogen-bond acceptors (Lipinski definition) is 4. The number of nitrogens with zero attached hydrogens (tertiary/aromatic N) is 3. The summed E-state index contributed by atoms with van der Waals surface area (Å²) in [7, 11) is 0. The van der Waals surface area contributed by atoms with E-state index in [1.165, 1.54) is 6.20 Å². The van der Waals surface area contributed by atoms with Crippen LogP contribution in [0, 0.1) is 6.92 Å². The summed E-state index contributed by atoms with van der Waals surface area (Å²) in [6, 6.07) is 0. The molecule has 2 rings (SSSR count). The van der Waals surface area contributed by atoms with Crippen molar-refractivity contribution in [1.29, 1.82) is 0 Å². The topological polar surface area (TPSA) is 55.3 Å². The van der Waals surface area contributed by atoms with Crippen LogP contribution in [-0.2, 0) is 4.74 Å². The lowest BCUT2D eigenvalue weighted by atomic mass is 10.2. The molecule has 2 atom stereocenters. The van der Waals surface area contributed by atoms with Gasteiger partial charge in [-0.05, 0) is 20.8 Å². The van der Waals surface area contributed by atoms with Crippen LogP contribution in [0.1, 0.15) is 30.0 Å². The molecule has 1 aliphatic rings. The van der Waals surface area contributed by atoms with Gasteiger partial charge in [0.25, 0.3) is 5.91 Å². The Morgan fingerprint density at radius 1 is 1.29 bits per heavy atom. The zero-order chi connectivity index (χ0) is 12.4. The van der Waals surface area contributed by atoms with Gasteiger partial charge in [-0.25, -0.2) is 4.98 Å². The highest BCUT2D eigenvalue weighted by Gasteiger charge is 2.27. The van der Waals surface area contributed by atoms with Crippen LogP contribution in [0.25, 0.3) is 0 Å².